The maximum atomic E-state index is 11.7. The average molecular weight is 236 g/mol. The molecule has 0 spiro atoms. The molecule has 0 radical (unpaired) electrons. The highest BCUT2D eigenvalue weighted by molar-refractivity contribution is 5.60. The van der Waals surface area contributed by atoms with Crippen molar-refractivity contribution in [2.24, 2.45) is 7.05 Å². The van der Waals surface area contributed by atoms with Crippen molar-refractivity contribution in [3.63, 3.8) is 0 Å². The molecule has 4 N–H and O–H groups in total. The molecule has 92 valence electrons. The monoisotopic (exact) mass is 236 g/mol. The molecule has 6 nitrogen and oxygen atoms in total. The smallest absolute Gasteiger partial charge is 0.329 e. The second-order valence-corrected chi connectivity index (χ2v) is 4.20. The van der Waals surface area contributed by atoms with E-state index in [1.165, 1.54) is 11.6 Å². The number of nitrogens with zero attached hydrogens (tertiary/aromatic N) is 1. The minimum atomic E-state index is -0.499. The van der Waals surface area contributed by atoms with Crippen LogP contribution in [0.5, 0.6) is 0 Å². The molecule has 0 aromatic carbocycles. The van der Waals surface area contributed by atoms with Gasteiger partial charge in [-0.1, -0.05) is 12.2 Å². The third kappa shape index (κ3) is 2.25. The van der Waals surface area contributed by atoms with Gasteiger partial charge in [-0.05, 0) is 19.3 Å². The summed E-state index contributed by atoms with van der Waals surface area (Å²) in [6.07, 6.45) is 7.00. The molecule has 1 atom stereocenters. The number of H-pyrrole nitrogens is 1. The van der Waals surface area contributed by atoms with Crippen LogP contribution < -0.4 is 22.3 Å². The van der Waals surface area contributed by atoms with Crippen LogP contribution in [0, 0.1) is 0 Å². The van der Waals surface area contributed by atoms with E-state index in [0.29, 0.717) is 0 Å². The zero-order valence-electron chi connectivity index (χ0n) is 9.69. The third-order valence-corrected chi connectivity index (χ3v) is 2.99. The van der Waals surface area contributed by atoms with Gasteiger partial charge in [0.05, 0.1) is 0 Å². The zero-order valence-corrected chi connectivity index (χ0v) is 9.69. The predicted octanol–water partition coefficient (Wildman–Crippen LogP) is 0.176. The van der Waals surface area contributed by atoms with Crippen LogP contribution >= 0.6 is 0 Å². The number of nitrogen functional groups attached to an aromatic ring is 1. The van der Waals surface area contributed by atoms with Crippen molar-refractivity contribution >= 4 is 11.5 Å². The Kier molecular flexibility index (Phi) is 3.03. The molecule has 0 saturated heterocycles. The molecule has 6 heteroatoms. The molecule has 0 amide bonds. The predicted molar refractivity (Wildman–Crippen MR) is 67.1 cm³/mol. The normalized spacial score (nSPS) is 19.2. The van der Waals surface area contributed by atoms with Crippen LogP contribution in [0.1, 0.15) is 19.3 Å². The fraction of sp³-hybridized carbons (Fsp3) is 0.455. The van der Waals surface area contributed by atoms with E-state index in [-0.39, 0.29) is 17.5 Å². The van der Waals surface area contributed by atoms with E-state index >= 15 is 0 Å². The summed E-state index contributed by atoms with van der Waals surface area (Å²) >= 11 is 0. The SMILES string of the molecule is Cn1c(N)c(NC2CC=CCC2)c(=O)[nH]c1=O. The largest absolute Gasteiger partial charge is 0.383 e. The Hall–Kier alpha value is -1.98. The highest BCUT2D eigenvalue weighted by Gasteiger charge is 2.15. The number of rotatable bonds is 2. The van der Waals surface area contributed by atoms with Gasteiger partial charge in [-0.25, -0.2) is 4.79 Å². The number of aromatic amines is 1. The van der Waals surface area contributed by atoms with Crippen LogP contribution in [0.2, 0.25) is 0 Å². The molecule has 0 aliphatic heterocycles. The Morgan fingerprint density at radius 1 is 1.47 bits per heavy atom. The van der Waals surface area contributed by atoms with E-state index in [9.17, 15) is 9.59 Å². The van der Waals surface area contributed by atoms with Gasteiger partial charge in [0, 0.05) is 13.1 Å². The van der Waals surface area contributed by atoms with E-state index in [0.717, 1.165) is 19.3 Å². The summed E-state index contributed by atoms with van der Waals surface area (Å²) in [7, 11) is 1.53. The molecule has 1 aromatic rings. The molecule has 0 bridgehead atoms. The molecule has 2 rings (SSSR count). The minimum Gasteiger partial charge on any atom is -0.383 e. The first kappa shape index (κ1) is 11.5. The van der Waals surface area contributed by atoms with E-state index in [4.69, 9.17) is 5.73 Å². The molecule has 1 aliphatic rings. The molecule has 1 unspecified atom stereocenters. The fourth-order valence-corrected chi connectivity index (χ4v) is 1.91. The molecule has 1 aromatic heterocycles. The Balaban J connectivity index is 2.32. The highest BCUT2D eigenvalue weighted by atomic mass is 16.2. The van der Waals surface area contributed by atoms with E-state index in [2.05, 4.69) is 22.5 Å². The van der Waals surface area contributed by atoms with Gasteiger partial charge < -0.3 is 11.1 Å². The maximum Gasteiger partial charge on any atom is 0.329 e. The Morgan fingerprint density at radius 2 is 2.24 bits per heavy atom. The summed E-state index contributed by atoms with van der Waals surface area (Å²) in [6.45, 7) is 0. The van der Waals surface area contributed by atoms with E-state index in [1.807, 2.05) is 0 Å². The van der Waals surface area contributed by atoms with Crippen molar-refractivity contribution in [2.45, 2.75) is 25.3 Å². The van der Waals surface area contributed by atoms with E-state index in [1.54, 1.807) is 0 Å². The number of anilines is 2. The molecule has 0 fully saturated rings. The topological polar surface area (TPSA) is 92.9 Å². The standard InChI is InChI=1S/C11H16N4O2/c1-15-9(12)8(10(16)14-11(15)17)13-7-5-3-2-4-6-7/h2-3,7,13H,4-6,12H2,1H3,(H,14,16,17). The summed E-state index contributed by atoms with van der Waals surface area (Å²) in [6, 6.07) is 0.195. The molecule has 17 heavy (non-hydrogen) atoms. The van der Waals surface area contributed by atoms with Crippen molar-refractivity contribution < 1.29 is 0 Å². The summed E-state index contributed by atoms with van der Waals surface area (Å²) in [5, 5.41) is 3.11. The van der Waals surface area contributed by atoms with Gasteiger partial charge >= 0.3 is 5.69 Å². The van der Waals surface area contributed by atoms with Gasteiger partial charge in [-0.3, -0.25) is 14.3 Å². The minimum absolute atomic E-state index is 0.174. The lowest BCUT2D eigenvalue weighted by molar-refractivity contribution is 0.641. The van der Waals surface area contributed by atoms with E-state index < -0.39 is 11.2 Å². The molecule has 0 saturated carbocycles. The number of allylic oxidation sites excluding steroid dienone is 1. The summed E-state index contributed by atoms with van der Waals surface area (Å²) in [5.74, 6) is 0.174. The maximum absolute atomic E-state index is 11.7. The Bertz CT molecular complexity index is 556. The Morgan fingerprint density at radius 3 is 2.88 bits per heavy atom. The summed E-state index contributed by atoms with van der Waals surface area (Å²) in [5.41, 5.74) is 5.09. The molecular formula is C11H16N4O2. The quantitative estimate of drug-likeness (QED) is 0.638. The summed E-state index contributed by atoms with van der Waals surface area (Å²) in [4.78, 5) is 25.2. The van der Waals surface area contributed by atoms with Gasteiger partial charge in [0.25, 0.3) is 5.56 Å². The lowest BCUT2D eigenvalue weighted by Crippen LogP contribution is -2.34. The fourth-order valence-electron chi connectivity index (χ4n) is 1.91. The number of nitrogens with one attached hydrogen (secondary N) is 2. The highest BCUT2D eigenvalue weighted by Crippen LogP contribution is 2.17. The van der Waals surface area contributed by atoms with Gasteiger partial charge in [0.15, 0.2) is 0 Å². The van der Waals surface area contributed by atoms with Crippen molar-refractivity contribution in [1.82, 2.24) is 9.55 Å². The van der Waals surface area contributed by atoms with Crippen molar-refractivity contribution in [3.8, 4) is 0 Å². The van der Waals surface area contributed by atoms with Crippen LogP contribution in [0.25, 0.3) is 0 Å². The van der Waals surface area contributed by atoms with Crippen LogP contribution in [0.4, 0.5) is 11.5 Å². The van der Waals surface area contributed by atoms with Crippen molar-refractivity contribution in [3.05, 3.63) is 33.0 Å². The van der Waals surface area contributed by atoms with Crippen LogP contribution in [-0.2, 0) is 7.05 Å². The second kappa shape index (κ2) is 4.48. The van der Waals surface area contributed by atoms with Crippen LogP contribution in [0.15, 0.2) is 21.7 Å². The first-order valence-corrected chi connectivity index (χ1v) is 5.60. The molecule has 1 aliphatic carbocycles. The first-order valence-electron chi connectivity index (χ1n) is 5.60. The third-order valence-electron chi connectivity index (χ3n) is 2.99. The lowest BCUT2D eigenvalue weighted by Gasteiger charge is -2.21. The van der Waals surface area contributed by atoms with Gasteiger partial charge in [0.1, 0.15) is 11.5 Å². The first-order chi connectivity index (χ1) is 8.09. The number of nitrogens with two attached hydrogens (primary N) is 1. The molecular weight excluding hydrogens is 220 g/mol. The second-order valence-electron chi connectivity index (χ2n) is 4.20. The summed E-state index contributed by atoms with van der Waals surface area (Å²) < 4.78 is 1.22. The average Bonchev–Trinajstić information content (AvgIpc) is 2.33. The molecule has 1 heterocycles. The van der Waals surface area contributed by atoms with Crippen LogP contribution in [0.3, 0.4) is 0 Å². The zero-order chi connectivity index (χ0) is 12.4. The van der Waals surface area contributed by atoms with Crippen molar-refractivity contribution in [1.29, 1.82) is 0 Å². The Labute approximate surface area is 98.2 Å². The van der Waals surface area contributed by atoms with Gasteiger partial charge in [-0.2, -0.15) is 0 Å². The lowest BCUT2D eigenvalue weighted by atomic mass is 10.0. The van der Waals surface area contributed by atoms with Crippen molar-refractivity contribution in [2.75, 3.05) is 11.1 Å². The number of hydrogen-bond acceptors (Lipinski definition) is 4. The number of hydrogen-bond donors (Lipinski definition) is 3. The number of aromatic nitrogens is 2. The van der Waals surface area contributed by atoms with Gasteiger partial charge in [0.2, 0.25) is 0 Å². The van der Waals surface area contributed by atoms with Crippen LogP contribution in [-0.4, -0.2) is 15.6 Å². The van der Waals surface area contributed by atoms with Gasteiger partial charge in [-0.15, -0.1) is 0 Å².